The van der Waals surface area contributed by atoms with Crippen molar-refractivity contribution in [2.24, 2.45) is 0 Å². The Morgan fingerprint density at radius 1 is 1.41 bits per heavy atom. The number of benzene rings is 1. The van der Waals surface area contributed by atoms with Gasteiger partial charge in [-0.15, -0.1) is 0 Å². The van der Waals surface area contributed by atoms with Crippen LogP contribution in [0.3, 0.4) is 0 Å². The van der Waals surface area contributed by atoms with Crippen LogP contribution in [0.5, 0.6) is 0 Å². The Bertz CT molecular complexity index is 471. The van der Waals surface area contributed by atoms with Gasteiger partial charge in [0, 0.05) is 35.5 Å². The van der Waals surface area contributed by atoms with Gasteiger partial charge in [0.25, 0.3) is 0 Å². The molecule has 0 radical (unpaired) electrons. The van der Waals surface area contributed by atoms with Crippen molar-refractivity contribution in [1.82, 2.24) is 15.1 Å². The molecule has 3 nitrogen and oxygen atoms in total. The molecule has 5 heteroatoms. The fraction of sp³-hybridized carbons (Fsp3) is 0.250. The molecule has 0 saturated heterocycles. The van der Waals surface area contributed by atoms with Crippen LogP contribution in [0.15, 0.2) is 41.1 Å². The van der Waals surface area contributed by atoms with Crippen LogP contribution >= 0.6 is 15.9 Å². The third-order valence-corrected chi connectivity index (χ3v) is 2.89. The maximum atomic E-state index is 13.4. The second-order valence-corrected chi connectivity index (χ2v) is 4.60. The summed E-state index contributed by atoms with van der Waals surface area (Å²) in [5.41, 5.74) is 0.667. The molecular formula is C12H13BrFN3. The first kappa shape index (κ1) is 12.3. The van der Waals surface area contributed by atoms with Crippen molar-refractivity contribution in [2.75, 3.05) is 6.54 Å². The molecule has 2 aromatic rings. The van der Waals surface area contributed by atoms with Gasteiger partial charge in [-0.2, -0.15) is 5.10 Å². The number of nitrogens with zero attached hydrogens (tertiary/aromatic N) is 2. The lowest BCUT2D eigenvalue weighted by atomic mass is 10.2. The monoisotopic (exact) mass is 297 g/mol. The van der Waals surface area contributed by atoms with Gasteiger partial charge < -0.3 is 5.32 Å². The lowest BCUT2D eigenvalue weighted by Gasteiger charge is -2.06. The van der Waals surface area contributed by atoms with Crippen LogP contribution in [-0.2, 0) is 13.1 Å². The molecule has 0 amide bonds. The number of hydrogen-bond acceptors (Lipinski definition) is 2. The quantitative estimate of drug-likeness (QED) is 0.860. The Balaban J connectivity index is 1.80. The SMILES string of the molecule is Fc1ccc(Br)cc1CNCCn1cccn1. The Morgan fingerprint density at radius 2 is 2.29 bits per heavy atom. The second-order valence-electron chi connectivity index (χ2n) is 3.68. The van der Waals surface area contributed by atoms with Gasteiger partial charge >= 0.3 is 0 Å². The Morgan fingerprint density at radius 3 is 3.06 bits per heavy atom. The van der Waals surface area contributed by atoms with E-state index in [0.717, 1.165) is 17.6 Å². The molecule has 0 fully saturated rings. The fourth-order valence-corrected chi connectivity index (χ4v) is 1.94. The van der Waals surface area contributed by atoms with Gasteiger partial charge in [0.05, 0.1) is 6.54 Å². The van der Waals surface area contributed by atoms with Crippen molar-refractivity contribution in [3.05, 3.63) is 52.5 Å². The number of nitrogens with one attached hydrogen (secondary N) is 1. The molecule has 0 unspecified atom stereocenters. The summed E-state index contributed by atoms with van der Waals surface area (Å²) in [4.78, 5) is 0. The lowest BCUT2D eigenvalue weighted by molar-refractivity contribution is 0.540. The minimum Gasteiger partial charge on any atom is -0.311 e. The van der Waals surface area contributed by atoms with E-state index < -0.39 is 0 Å². The van der Waals surface area contributed by atoms with Gasteiger partial charge in [-0.1, -0.05) is 15.9 Å². The predicted octanol–water partition coefficient (Wildman–Crippen LogP) is 2.57. The Labute approximate surface area is 108 Å². The van der Waals surface area contributed by atoms with E-state index in [1.54, 1.807) is 18.3 Å². The normalized spacial score (nSPS) is 10.7. The van der Waals surface area contributed by atoms with Gasteiger partial charge in [-0.25, -0.2) is 4.39 Å². The molecule has 0 spiro atoms. The highest BCUT2D eigenvalue weighted by Gasteiger charge is 2.01. The molecule has 1 aromatic carbocycles. The molecule has 17 heavy (non-hydrogen) atoms. The number of hydrogen-bond donors (Lipinski definition) is 1. The summed E-state index contributed by atoms with van der Waals surface area (Å²) < 4.78 is 16.1. The second kappa shape index (κ2) is 5.93. The van der Waals surface area contributed by atoms with Crippen molar-refractivity contribution in [1.29, 1.82) is 0 Å². The number of rotatable bonds is 5. The highest BCUT2D eigenvalue weighted by molar-refractivity contribution is 9.10. The fourth-order valence-electron chi connectivity index (χ4n) is 1.53. The maximum absolute atomic E-state index is 13.4. The molecule has 0 saturated carbocycles. The van der Waals surface area contributed by atoms with Crippen LogP contribution < -0.4 is 5.32 Å². The first-order valence-corrected chi connectivity index (χ1v) is 6.17. The number of halogens is 2. The summed E-state index contributed by atoms with van der Waals surface area (Å²) in [6, 6.07) is 6.83. The lowest BCUT2D eigenvalue weighted by Crippen LogP contribution is -2.20. The third-order valence-electron chi connectivity index (χ3n) is 2.40. The Kier molecular flexibility index (Phi) is 4.28. The van der Waals surface area contributed by atoms with Crippen LogP contribution in [0.2, 0.25) is 0 Å². The van der Waals surface area contributed by atoms with E-state index in [-0.39, 0.29) is 5.82 Å². The molecule has 0 bridgehead atoms. The van der Waals surface area contributed by atoms with E-state index >= 15 is 0 Å². The summed E-state index contributed by atoms with van der Waals surface area (Å²) in [5.74, 6) is -0.181. The highest BCUT2D eigenvalue weighted by Crippen LogP contribution is 2.15. The van der Waals surface area contributed by atoms with Crippen molar-refractivity contribution in [3.8, 4) is 0 Å². The Hall–Kier alpha value is -1.20. The molecular weight excluding hydrogens is 285 g/mol. The van der Waals surface area contributed by atoms with E-state index in [1.165, 1.54) is 6.07 Å². The first-order valence-electron chi connectivity index (χ1n) is 5.38. The summed E-state index contributed by atoms with van der Waals surface area (Å²) in [6.07, 6.45) is 3.65. The summed E-state index contributed by atoms with van der Waals surface area (Å²) >= 11 is 3.33. The summed E-state index contributed by atoms with van der Waals surface area (Å²) in [6.45, 7) is 2.06. The largest absolute Gasteiger partial charge is 0.311 e. The van der Waals surface area contributed by atoms with E-state index in [9.17, 15) is 4.39 Å². The average molecular weight is 298 g/mol. The molecule has 0 atom stereocenters. The van der Waals surface area contributed by atoms with Gasteiger partial charge in [0.2, 0.25) is 0 Å². The summed E-state index contributed by atoms with van der Waals surface area (Å²) in [7, 11) is 0. The topological polar surface area (TPSA) is 29.9 Å². The maximum Gasteiger partial charge on any atom is 0.127 e. The molecule has 2 rings (SSSR count). The van der Waals surface area contributed by atoms with Crippen LogP contribution in [0, 0.1) is 5.82 Å². The predicted molar refractivity (Wildman–Crippen MR) is 68.0 cm³/mol. The minimum atomic E-state index is -0.181. The van der Waals surface area contributed by atoms with Crippen LogP contribution in [0.1, 0.15) is 5.56 Å². The van der Waals surface area contributed by atoms with Crippen molar-refractivity contribution in [3.63, 3.8) is 0 Å². The van der Waals surface area contributed by atoms with E-state index in [1.807, 2.05) is 16.9 Å². The van der Waals surface area contributed by atoms with Crippen LogP contribution in [0.25, 0.3) is 0 Å². The third kappa shape index (κ3) is 3.64. The van der Waals surface area contributed by atoms with Crippen LogP contribution in [-0.4, -0.2) is 16.3 Å². The smallest absolute Gasteiger partial charge is 0.127 e. The van der Waals surface area contributed by atoms with Gasteiger partial charge in [-0.05, 0) is 24.3 Å². The molecule has 0 aliphatic rings. The minimum absolute atomic E-state index is 0.181. The first-order chi connectivity index (χ1) is 8.25. The molecule has 1 aromatic heterocycles. The van der Waals surface area contributed by atoms with Crippen molar-refractivity contribution < 1.29 is 4.39 Å². The van der Waals surface area contributed by atoms with Crippen LogP contribution in [0.4, 0.5) is 4.39 Å². The van der Waals surface area contributed by atoms with Gasteiger partial charge in [0.1, 0.15) is 5.82 Å². The molecule has 0 aliphatic heterocycles. The standard InChI is InChI=1S/C12H13BrFN3/c13-11-2-3-12(14)10(8-11)9-15-5-7-17-6-1-4-16-17/h1-4,6,8,15H,5,7,9H2. The van der Waals surface area contributed by atoms with Crippen molar-refractivity contribution >= 4 is 15.9 Å². The van der Waals surface area contributed by atoms with E-state index in [4.69, 9.17) is 0 Å². The highest BCUT2D eigenvalue weighted by atomic mass is 79.9. The average Bonchev–Trinajstić information content (AvgIpc) is 2.82. The van der Waals surface area contributed by atoms with E-state index in [2.05, 4.69) is 26.3 Å². The molecule has 1 N–H and O–H groups in total. The van der Waals surface area contributed by atoms with Crippen molar-refractivity contribution in [2.45, 2.75) is 13.1 Å². The zero-order valence-electron chi connectivity index (χ0n) is 9.24. The zero-order chi connectivity index (χ0) is 12.1. The van der Waals surface area contributed by atoms with Gasteiger partial charge in [-0.3, -0.25) is 4.68 Å². The molecule has 1 heterocycles. The van der Waals surface area contributed by atoms with E-state index in [0.29, 0.717) is 12.1 Å². The summed E-state index contributed by atoms with van der Waals surface area (Å²) in [5, 5.41) is 7.27. The van der Waals surface area contributed by atoms with Gasteiger partial charge in [0.15, 0.2) is 0 Å². The number of aromatic nitrogens is 2. The zero-order valence-corrected chi connectivity index (χ0v) is 10.8. The molecule has 0 aliphatic carbocycles. The molecule has 90 valence electrons.